The highest BCUT2D eigenvalue weighted by atomic mass is 19.1. The van der Waals surface area contributed by atoms with Crippen LogP contribution in [-0.2, 0) is 4.79 Å². The van der Waals surface area contributed by atoms with Crippen molar-refractivity contribution in [1.82, 2.24) is 0 Å². The first-order valence-corrected chi connectivity index (χ1v) is 6.21. The van der Waals surface area contributed by atoms with E-state index in [0.29, 0.717) is 5.75 Å². The summed E-state index contributed by atoms with van der Waals surface area (Å²) in [6.07, 6.45) is -1.36. The maximum atomic E-state index is 13.7. The molecule has 1 unspecified atom stereocenters. The minimum absolute atomic E-state index is 0.0147. The average molecular weight is 274 g/mol. The summed E-state index contributed by atoms with van der Waals surface area (Å²) in [7, 11) is 0. The van der Waals surface area contributed by atoms with Crippen LogP contribution in [0, 0.1) is 19.7 Å². The Morgan fingerprint density at radius 1 is 1.15 bits per heavy atom. The Bertz CT molecular complexity index is 637. The normalized spacial score (nSPS) is 11.9. The Morgan fingerprint density at radius 3 is 2.50 bits per heavy atom. The summed E-state index contributed by atoms with van der Waals surface area (Å²) in [5.41, 5.74) is 1.84. The van der Waals surface area contributed by atoms with Gasteiger partial charge < -0.3 is 9.84 Å². The third kappa shape index (κ3) is 2.79. The lowest BCUT2D eigenvalue weighted by molar-refractivity contribution is -0.145. The van der Waals surface area contributed by atoms with E-state index in [4.69, 9.17) is 4.74 Å². The highest BCUT2D eigenvalue weighted by Crippen LogP contribution is 2.28. The predicted octanol–water partition coefficient (Wildman–Crippen LogP) is 3.65. The van der Waals surface area contributed by atoms with Gasteiger partial charge in [-0.25, -0.2) is 9.18 Å². The molecule has 1 atom stereocenters. The fourth-order valence-corrected chi connectivity index (χ4v) is 1.91. The summed E-state index contributed by atoms with van der Waals surface area (Å²) in [5.74, 6) is -1.37. The lowest BCUT2D eigenvalue weighted by atomic mass is 10.1. The third-order valence-electron chi connectivity index (χ3n) is 3.21. The first kappa shape index (κ1) is 14.1. The molecule has 0 saturated heterocycles. The van der Waals surface area contributed by atoms with E-state index in [1.54, 1.807) is 18.2 Å². The first-order chi connectivity index (χ1) is 9.50. The molecule has 2 rings (SSSR count). The summed E-state index contributed by atoms with van der Waals surface area (Å²) < 4.78 is 19.3. The fourth-order valence-electron chi connectivity index (χ4n) is 1.91. The van der Waals surface area contributed by atoms with Crippen LogP contribution < -0.4 is 4.74 Å². The van der Waals surface area contributed by atoms with Crippen LogP contribution >= 0.6 is 0 Å². The number of ether oxygens (including phenoxy) is 1. The molecule has 0 aliphatic carbocycles. The van der Waals surface area contributed by atoms with Gasteiger partial charge in [0.15, 0.2) is 0 Å². The molecule has 2 aromatic carbocycles. The Hall–Kier alpha value is -2.36. The standard InChI is InChI=1S/C16H15FO3/c1-10-6-5-9-14(11(10)2)20-15(16(18)19)12-7-3-4-8-13(12)17/h3-9,15H,1-2H3,(H,18,19). The molecule has 0 saturated carbocycles. The number of hydrogen-bond acceptors (Lipinski definition) is 2. The minimum atomic E-state index is -1.36. The monoisotopic (exact) mass is 274 g/mol. The van der Waals surface area contributed by atoms with E-state index in [-0.39, 0.29) is 5.56 Å². The summed E-state index contributed by atoms with van der Waals surface area (Å²) >= 11 is 0. The molecule has 0 radical (unpaired) electrons. The first-order valence-electron chi connectivity index (χ1n) is 6.21. The highest BCUT2D eigenvalue weighted by molar-refractivity contribution is 5.75. The van der Waals surface area contributed by atoms with Gasteiger partial charge in [0.1, 0.15) is 11.6 Å². The maximum Gasteiger partial charge on any atom is 0.349 e. The van der Waals surface area contributed by atoms with Crippen LogP contribution in [-0.4, -0.2) is 11.1 Å². The zero-order chi connectivity index (χ0) is 14.7. The van der Waals surface area contributed by atoms with E-state index in [9.17, 15) is 14.3 Å². The fraction of sp³-hybridized carbons (Fsp3) is 0.188. The minimum Gasteiger partial charge on any atom is -0.478 e. The summed E-state index contributed by atoms with van der Waals surface area (Å²) in [6.45, 7) is 3.74. The van der Waals surface area contributed by atoms with Crippen molar-refractivity contribution < 1.29 is 19.0 Å². The van der Waals surface area contributed by atoms with Gasteiger partial charge >= 0.3 is 5.97 Å². The number of benzene rings is 2. The summed E-state index contributed by atoms with van der Waals surface area (Å²) in [4.78, 5) is 11.4. The summed E-state index contributed by atoms with van der Waals surface area (Å²) in [5, 5.41) is 9.28. The SMILES string of the molecule is Cc1cccc(OC(C(=O)O)c2ccccc2F)c1C. The topological polar surface area (TPSA) is 46.5 Å². The lowest BCUT2D eigenvalue weighted by Gasteiger charge is -2.18. The van der Waals surface area contributed by atoms with Crippen LogP contribution in [0.5, 0.6) is 5.75 Å². The van der Waals surface area contributed by atoms with Crippen molar-refractivity contribution in [1.29, 1.82) is 0 Å². The molecule has 1 N–H and O–H groups in total. The third-order valence-corrected chi connectivity index (χ3v) is 3.21. The van der Waals surface area contributed by atoms with E-state index >= 15 is 0 Å². The molecule has 0 aromatic heterocycles. The second kappa shape index (κ2) is 5.74. The molecule has 0 bridgehead atoms. The Morgan fingerprint density at radius 2 is 1.85 bits per heavy atom. The molecule has 3 nitrogen and oxygen atoms in total. The van der Waals surface area contributed by atoms with Crippen molar-refractivity contribution in [2.75, 3.05) is 0 Å². The molecule has 20 heavy (non-hydrogen) atoms. The predicted molar refractivity (Wildman–Crippen MR) is 73.3 cm³/mol. The quantitative estimate of drug-likeness (QED) is 0.925. The number of halogens is 1. The molecule has 0 amide bonds. The molecular formula is C16H15FO3. The van der Waals surface area contributed by atoms with Gasteiger partial charge in [-0.3, -0.25) is 0 Å². The summed E-state index contributed by atoms with van der Waals surface area (Å²) in [6, 6.07) is 11.1. The maximum absolute atomic E-state index is 13.7. The molecule has 104 valence electrons. The number of carbonyl (C=O) groups is 1. The molecule has 0 heterocycles. The van der Waals surface area contributed by atoms with Gasteiger partial charge in [0, 0.05) is 5.56 Å². The lowest BCUT2D eigenvalue weighted by Crippen LogP contribution is -2.20. The van der Waals surface area contributed by atoms with E-state index < -0.39 is 17.9 Å². The second-order valence-electron chi connectivity index (χ2n) is 4.56. The van der Waals surface area contributed by atoms with Gasteiger partial charge in [-0.1, -0.05) is 30.3 Å². The average Bonchev–Trinajstić information content (AvgIpc) is 2.41. The molecule has 2 aromatic rings. The van der Waals surface area contributed by atoms with E-state index in [1.807, 2.05) is 19.9 Å². The molecule has 0 aliphatic heterocycles. The highest BCUT2D eigenvalue weighted by Gasteiger charge is 2.25. The number of rotatable bonds is 4. The van der Waals surface area contributed by atoms with E-state index in [2.05, 4.69) is 0 Å². The van der Waals surface area contributed by atoms with Gasteiger partial charge in [0.2, 0.25) is 6.10 Å². The van der Waals surface area contributed by atoms with Crippen molar-refractivity contribution >= 4 is 5.97 Å². The van der Waals surface area contributed by atoms with Crippen molar-refractivity contribution in [2.24, 2.45) is 0 Å². The zero-order valence-corrected chi connectivity index (χ0v) is 11.3. The molecule has 0 fully saturated rings. The number of hydrogen-bond donors (Lipinski definition) is 1. The smallest absolute Gasteiger partial charge is 0.349 e. The Balaban J connectivity index is 2.39. The second-order valence-corrected chi connectivity index (χ2v) is 4.56. The van der Waals surface area contributed by atoms with Gasteiger partial charge in [-0.15, -0.1) is 0 Å². The van der Waals surface area contributed by atoms with Gasteiger partial charge in [-0.05, 0) is 37.1 Å². The Kier molecular flexibility index (Phi) is 4.03. The van der Waals surface area contributed by atoms with Gasteiger partial charge in [0.05, 0.1) is 0 Å². The molecule has 0 spiro atoms. The van der Waals surface area contributed by atoms with Crippen molar-refractivity contribution in [3.63, 3.8) is 0 Å². The molecule has 4 heteroatoms. The number of carboxylic acid groups (broad SMARTS) is 1. The zero-order valence-electron chi connectivity index (χ0n) is 11.3. The van der Waals surface area contributed by atoms with Crippen LogP contribution in [0.4, 0.5) is 4.39 Å². The van der Waals surface area contributed by atoms with Gasteiger partial charge in [0.25, 0.3) is 0 Å². The van der Waals surface area contributed by atoms with Gasteiger partial charge in [-0.2, -0.15) is 0 Å². The van der Waals surface area contributed by atoms with Crippen LogP contribution in [0.15, 0.2) is 42.5 Å². The number of carboxylic acids is 1. The number of aliphatic carboxylic acids is 1. The van der Waals surface area contributed by atoms with Crippen LogP contribution in [0.2, 0.25) is 0 Å². The van der Waals surface area contributed by atoms with Crippen LogP contribution in [0.1, 0.15) is 22.8 Å². The largest absolute Gasteiger partial charge is 0.478 e. The van der Waals surface area contributed by atoms with Crippen molar-refractivity contribution in [2.45, 2.75) is 20.0 Å². The molecule has 0 aliphatic rings. The van der Waals surface area contributed by atoms with E-state index in [1.165, 1.54) is 18.2 Å². The molecular weight excluding hydrogens is 259 g/mol. The number of aryl methyl sites for hydroxylation is 1. The van der Waals surface area contributed by atoms with Crippen LogP contribution in [0.25, 0.3) is 0 Å². The van der Waals surface area contributed by atoms with Crippen LogP contribution in [0.3, 0.4) is 0 Å². The van der Waals surface area contributed by atoms with Crippen molar-refractivity contribution in [3.05, 3.63) is 65.0 Å². The Labute approximate surface area is 116 Å². The van der Waals surface area contributed by atoms with Crippen molar-refractivity contribution in [3.8, 4) is 5.75 Å². The van der Waals surface area contributed by atoms with E-state index in [0.717, 1.165) is 11.1 Å².